The highest BCUT2D eigenvalue weighted by Gasteiger charge is 2.49. The molecule has 4 rings (SSSR count). The molecule has 2 aliphatic heterocycles. The predicted octanol–water partition coefficient (Wildman–Crippen LogP) is 7.72. The maximum absolute atomic E-state index is 2.58. The van der Waals surface area contributed by atoms with E-state index in [4.69, 9.17) is 0 Å². The SMILES string of the molecule is CC.CC.CC.CC.CC1CC[C@@]12CCCN2C.CC1CC[C@@]12CCN(C)C2. The average molecular weight is 399 g/mol. The number of nitrogens with zero attached hydrogens (tertiary/aromatic N) is 2. The lowest BCUT2D eigenvalue weighted by molar-refractivity contribution is 0.0141. The van der Waals surface area contributed by atoms with Gasteiger partial charge in [-0.25, -0.2) is 0 Å². The minimum atomic E-state index is 0.667. The van der Waals surface area contributed by atoms with Crippen LogP contribution in [0, 0.1) is 17.3 Å². The molecule has 4 aliphatic rings. The van der Waals surface area contributed by atoms with Crippen molar-refractivity contribution in [2.75, 3.05) is 33.7 Å². The molecule has 0 N–H and O–H groups in total. The summed E-state index contributed by atoms with van der Waals surface area (Å²) < 4.78 is 0. The van der Waals surface area contributed by atoms with Gasteiger partial charge in [0.15, 0.2) is 0 Å². The fraction of sp³-hybridized carbons (Fsp3) is 1.00. The van der Waals surface area contributed by atoms with E-state index in [0.717, 1.165) is 17.3 Å². The van der Waals surface area contributed by atoms with Crippen molar-refractivity contribution in [3.05, 3.63) is 0 Å². The van der Waals surface area contributed by atoms with Crippen LogP contribution >= 0.6 is 0 Å². The minimum absolute atomic E-state index is 0.667. The summed E-state index contributed by atoms with van der Waals surface area (Å²) >= 11 is 0. The van der Waals surface area contributed by atoms with Crippen molar-refractivity contribution in [3.8, 4) is 0 Å². The van der Waals surface area contributed by atoms with E-state index in [9.17, 15) is 0 Å². The van der Waals surface area contributed by atoms with Crippen LogP contribution in [0.25, 0.3) is 0 Å². The smallest absolute Gasteiger partial charge is 0.0232 e. The molecule has 0 radical (unpaired) electrons. The summed E-state index contributed by atoms with van der Waals surface area (Å²) in [7, 11) is 4.54. The van der Waals surface area contributed by atoms with Crippen molar-refractivity contribution in [1.29, 1.82) is 0 Å². The first-order valence-electron chi connectivity index (χ1n) is 12.9. The van der Waals surface area contributed by atoms with Crippen LogP contribution in [-0.2, 0) is 0 Å². The molecule has 4 fully saturated rings. The summed E-state index contributed by atoms with van der Waals surface area (Å²) in [6.07, 6.45) is 10.3. The third-order valence-corrected chi connectivity index (χ3v) is 7.49. The average Bonchev–Trinajstić information content (AvgIpc) is 3.38. The molecule has 2 spiro atoms. The molecule has 172 valence electrons. The van der Waals surface area contributed by atoms with Gasteiger partial charge in [-0.3, -0.25) is 0 Å². The van der Waals surface area contributed by atoms with Crippen LogP contribution in [0.1, 0.15) is 114 Å². The Labute approximate surface area is 180 Å². The summed E-state index contributed by atoms with van der Waals surface area (Å²) in [6.45, 7) is 24.9. The van der Waals surface area contributed by atoms with Gasteiger partial charge in [-0.15, -0.1) is 0 Å². The fourth-order valence-electron chi connectivity index (χ4n) is 5.30. The molecule has 0 aromatic carbocycles. The van der Waals surface area contributed by atoms with Gasteiger partial charge in [0, 0.05) is 12.1 Å². The highest BCUT2D eigenvalue weighted by atomic mass is 15.2. The van der Waals surface area contributed by atoms with Gasteiger partial charge in [-0.2, -0.15) is 0 Å². The molecule has 0 aromatic heterocycles. The molecular formula is C26H58N2. The van der Waals surface area contributed by atoms with Gasteiger partial charge in [0.25, 0.3) is 0 Å². The molecule has 2 saturated carbocycles. The van der Waals surface area contributed by atoms with E-state index in [1.165, 1.54) is 64.6 Å². The standard InChI is InChI=1S/2C9H17N.4C2H6/c1-8-4-6-9(8)5-3-7-10(9)2;1-8-3-4-9(8)5-6-10(2)7-9;4*1-2/h2*8H,3-7H2,1-2H3;4*1-2H3/t2*8?,9-;;;;/m00..../s1. The van der Waals surface area contributed by atoms with Crippen molar-refractivity contribution < 1.29 is 0 Å². The van der Waals surface area contributed by atoms with Gasteiger partial charge >= 0.3 is 0 Å². The van der Waals surface area contributed by atoms with E-state index in [1.54, 1.807) is 0 Å². The van der Waals surface area contributed by atoms with Gasteiger partial charge in [0.1, 0.15) is 0 Å². The number of hydrogen-bond acceptors (Lipinski definition) is 2. The van der Waals surface area contributed by atoms with E-state index in [0.29, 0.717) is 5.54 Å². The van der Waals surface area contributed by atoms with Gasteiger partial charge in [0.05, 0.1) is 0 Å². The van der Waals surface area contributed by atoms with Crippen molar-refractivity contribution >= 4 is 0 Å². The Morgan fingerprint density at radius 2 is 1.18 bits per heavy atom. The zero-order valence-corrected chi connectivity index (χ0v) is 22.1. The van der Waals surface area contributed by atoms with Crippen molar-refractivity contribution in [2.24, 2.45) is 17.3 Å². The normalized spacial score (nSPS) is 35.1. The molecule has 28 heavy (non-hydrogen) atoms. The zero-order valence-electron chi connectivity index (χ0n) is 22.1. The molecule has 2 unspecified atom stereocenters. The molecule has 2 heterocycles. The molecule has 2 saturated heterocycles. The lowest BCUT2D eigenvalue weighted by atomic mass is 9.60. The topological polar surface area (TPSA) is 6.48 Å². The Bertz CT molecular complexity index is 356. The molecule has 2 heteroatoms. The first kappa shape index (κ1) is 30.1. The fourth-order valence-corrected chi connectivity index (χ4v) is 5.30. The summed E-state index contributed by atoms with van der Waals surface area (Å²) in [5.41, 5.74) is 1.44. The zero-order chi connectivity index (χ0) is 22.4. The molecule has 0 bridgehead atoms. The van der Waals surface area contributed by atoms with Crippen molar-refractivity contribution in [1.82, 2.24) is 9.80 Å². The Hall–Kier alpha value is -0.0800. The van der Waals surface area contributed by atoms with E-state index < -0.39 is 0 Å². The first-order chi connectivity index (χ1) is 13.5. The van der Waals surface area contributed by atoms with Crippen LogP contribution in [0.5, 0.6) is 0 Å². The van der Waals surface area contributed by atoms with Crippen LogP contribution in [0.2, 0.25) is 0 Å². The second kappa shape index (κ2) is 15.7. The lowest BCUT2D eigenvalue weighted by Crippen LogP contribution is -2.53. The predicted molar refractivity (Wildman–Crippen MR) is 131 cm³/mol. The van der Waals surface area contributed by atoms with E-state index >= 15 is 0 Å². The quantitative estimate of drug-likeness (QED) is 0.412. The Morgan fingerprint density at radius 3 is 1.32 bits per heavy atom. The number of likely N-dealkylation sites (tertiary alicyclic amines) is 2. The number of rotatable bonds is 0. The Balaban J connectivity index is 0. The second-order valence-electron chi connectivity index (χ2n) is 8.36. The summed E-state index contributed by atoms with van der Waals surface area (Å²) in [6, 6.07) is 0. The van der Waals surface area contributed by atoms with Crippen LogP contribution < -0.4 is 0 Å². The second-order valence-corrected chi connectivity index (χ2v) is 8.36. The Kier molecular flexibility index (Phi) is 16.9. The molecule has 0 aromatic rings. The van der Waals surface area contributed by atoms with E-state index in [1.807, 2.05) is 55.4 Å². The molecule has 0 amide bonds. The monoisotopic (exact) mass is 398 g/mol. The van der Waals surface area contributed by atoms with Gasteiger partial charge in [0.2, 0.25) is 0 Å². The summed E-state index contributed by atoms with van der Waals surface area (Å²) in [5.74, 6) is 1.98. The first-order valence-corrected chi connectivity index (χ1v) is 12.9. The van der Waals surface area contributed by atoms with Gasteiger partial charge in [-0.05, 0) is 89.4 Å². The largest absolute Gasteiger partial charge is 0.306 e. The van der Waals surface area contributed by atoms with Crippen LogP contribution in [0.15, 0.2) is 0 Å². The van der Waals surface area contributed by atoms with Crippen LogP contribution in [0.3, 0.4) is 0 Å². The Morgan fingerprint density at radius 1 is 0.643 bits per heavy atom. The summed E-state index contributed by atoms with van der Waals surface area (Å²) in [5, 5.41) is 0. The van der Waals surface area contributed by atoms with Crippen LogP contribution in [-0.4, -0.2) is 49.1 Å². The van der Waals surface area contributed by atoms with Crippen molar-refractivity contribution in [2.45, 2.75) is 120 Å². The molecule has 2 nitrogen and oxygen atoms in total. The molecule has 2 aliphatic carbocycles. The van der Waals surface area contributed by atoms with Gasteiger partial charge in [-0.1, -0.05) is 69.2 Å². The summed E-state index contributed by atoms with van der Waals surface area (Å²) in [4.78, 5) is 5.07. The number of hydrogen-bond donors (Lipinski definition) is 0. The van der Waals surface area contributed by atoms with Gasteiger partial charge < -0.3 is 9.80 Å². The van der Waals surface area contributed by atoms with E-state index in [-0.39, 0.29) is 0 Å². The third kappa shape index (κ3) is 7.01. The lowest BCUT2D eigenvalue weighted by Gasteiger charge is -2.50. The maximum atomic E-state index is 2.58. The highest BCUT2D eigenvalue weighted by molar-refractivity contribution is 5.04. The minimum Gasteiger partial charge on any atom is -0.306 e. The van der Waals surface area contributed by atoms with Crippen molar-refractivity contribution in [3.63, 3.8) is 0 Å². The van der Waals surface area contributed by atoms with Crippen LogP contribution in [0.4, 0.5) is 0 Å². The molecule has 4 atom stereocenters. The molecular weight excluding hydrogens is 340 g/mol. The third-order valence-electron chi connectivity index (χ3n) is 7.49. The maximum Gasteiger partial charge on any atom is 0.0232 e. The highest BCUT2D eigenvalue weighted by Crippen LogP contribution is 2.52. The van der Waals surface area contributed by atoms with E-state index in [2.05, 4.69) is 37.7 Å².